The zero-order chi connectivity index (χ0) is 45.6. The normalized spacial score (nSPS) is 13.4. The molecule has 0 saturated carbocycles. The third kappa shape index (κ3) is 42.3. The molecule has 0 aliphatic rings. The molecule has 2 atom stereocenters. The number of carboxylic acids is 1. The molecule has 2 unspecified atom stereocenters. The van der Waals surface area contributed by atoms with Crippen molar-refractivity contribution in [2.45, 2.75) is 225 Å². The van der Waals surface area contributed by atoms with Crippen molar-refractivity contribution >= 4 is 17.9 Å². The van der Waals surface area contributed by atoms with Gasteiger partial charge in [0.15, 0.2) is 12.1 Å². The lowest BCUT2D eigenvalue weighted by Crippen LogP contribution is -2.50. The van der Waals surface area contributed by atoms with Gasteiger partial charge in [0.25, 0.3) is 0 Å². The van der Waals surface area contributed by atoms with Crippen LogP contribution in [-0.4, -0.2) is 80.6 Å². The van der Waals surface area contributed by atoms with Crippen LogP contribution in [0.25, 0.3) is 0 Å². The molecule has 0 aromatic carbocycles. The number of carbonyl (C=O) groups excluding carboxylic acids is 2. The van der Waals surface area contributed by atoms with E-state index in [0.717, 1.165) is 57.8 Å². The maximum absolute atomic E-state index is 12.8. The van der Waals surface area contributed by atoms with Gasteiger partial charge in [-0.1, -0.05) is 190 Å². The first-order valence-electron chi connectivity index (χ1n) is 25.3. The van der Waals surface area contributed by atoms with Crippen molar-refractivity contribution in [3.05, 3.63) is 60.8 Å². The van der Waals surface area contributed by atoms with Crippen LogP contribution in [0.3, 0.4) is 0 Å². The lowest BCUT2D eigenvalue weighted by Gasteiger charge is -2.31. The Morgan fingerprint density at radius 1 is 0.484 bits per heavy atom. The highest BCUT2D eigenvalue weighted by Crippen LogP contribution is 2.15. The fourth-order valence-electron chi connectivity index (χ4n) is 7.23. The maximum atomic E-state index is 12.8. The van der Waals surface area contributed by atoms with E-state index in [0.29, 0.717) is 19.3 Å². The number of likely N-dealkylation sites (N-methyl/N-ethyl adjacent to an activating group) is 1. The van der Waals surface area contributed by atoms with Crippen LogP contribution in [0.2, 0.25) is 0 Å². The molecule has 1 N–H and O–H groups in total. The molecular formula is C54H96NO7+. The maximum Gasteiger partial charge on any atom is 0.362 e. The van der Waals surface area contributed by atoms with E-state index in [1.54, 1.807) is 0 Å². The molecule has 358 valence electrons. The van der Waals surface area contributed by atoms with Gasteiger partial charge in [0.05, 0.1) is 34.4 Å². The molecule has 8 nitrogen and oxygen atoms in total. The Balaban J connectivity index is 4.35. The molecule has 0 amide bonds. The molecule has 0 rings (SSSR count). The van der Waals surface area contributed by atoms with E-state index in [2.05, 4.69) is 74.6 Å². The molecule has 0 aliphatic carbocycles. The summed E-state index contributed by atoms with van der Waals surface area (Å²) in [5.74, 6) is -1.52. The minimum absolute atomic E-state index is 0.0435. The summed E-state index contributed by atoms with van der Waals surface area (Å²) >= 11 is 0. The Labute approximate surface area is 381 Å². The first-order valence-corrected chi connectivity index (χ1v) is 25.3. The molecule has 0 bridgehead atoms. The van der Waals surface area contributed by atoms with Crippen LogP contribution in [-0.2, 0) is 28.6 Å². The number of hydrogen-bond acceptors (Lipinski definition) is 6. The summed E-state index contributed by atoms with van der Waals surface area (Å²) in [6.45, 7) is 4.68. The minimum atomic E-state index is -0.882. The lowest BCUT2D eigenvalue weighted by atomic mass is 10.0. The third-order valence-electron chi connectivity index (χ3n) is 11.2. The van der Waals surface area contributed by atoms with Crippen molar-refractivity contribution in [2.24, 2.45) is 0 Å². The quantitative estimate of drug-likeness (QED) is 0.0282. The van der Waals surface area contributed by atoms with Crippen LogP contribution in [0, 0.1) is 0 Å². The highest BCUT2D eigenvalue weighted by Gasteiger charge is 2.31. The van der Waals surface area contributed by atoms with Gasteiger partial charge in [-0.15, -0.1) is 0 Å². The summed E-state index contributed by atoms with van der Waals surface area (Å²) in [5, 5.41) is 9.65. The van der Waals surface area contributed by atoms with Gasteiger partial charge in [-0.25, -0.2) is 4.79 Å². The molecule has 0 heterocycles. The average molecular weight is 871 g/mol. The minimum Gasteiger partial charge on any atom is -0.477 e. The van der Waals surface area contributed by atoms with Gasteiger partial charge in [-0.3, -0.25) is 9.59 Å². The van der Waals surface area contributed by atoms with E-state index >= 15 is 0 Å². The summed E-state index contributed by atoms with van der Waals surface area (Å²) in [6.07, 6.45) is 55.5. The van der Waals surface area contributed by atoms with Crippen LogP contribution >= 0.6 is 0 Å². The van der Waals surface area contributed by atoms with Gasteiger partial charge in [0.2, 0.25) is 0 Å². The van der Waals surface area contributed by atoms with Gasteiger partial charge < -0.3 is 23.8 Å². The number of ether oxygens (including phenoxy) is 3. The molecule has 0 fully saturated rings. The number of unbranched alkanes of at least 4 members (excludes halogenated alkanes) is 21. The van der Waals surface area contributed by atoms with Gasteiger partial charge in [-0.2, -0.15) is 0 Å². The van der Waals surface area contributed by atoms with Crippen LogP contribution in [0.4, 0.5) is 0 Å². The average Bonchev–Trinajstić information content (AvgIpc) is 3.23. The highest BCUT2D eigenvalue weighted by molar-refractivity contribution is 5.72. The number of nitrogens with zero attached hydrogens (tertiary/aromatic N) is 1. The monoisotopic (exact) mass is 871 g/mol. The molecule has 0 aromatic heterocycles. The summed E-state index contributed by atoms with van der Waals surface area (Å²) in [6, 6.07) is -0.624. The van der Waals surface area contributed by atoms with Crippen LogP contribution in [0.5, 0.6) is 0 Å². The van der Waals surface area contributed by atoms with E-state index in [1.807, 2.05) is 21.1 Å². The Morgan fingerprint density at radius 2 is 0.855 bits per heavy atom. The second kappa shape index (κ2) is 44.6. The van der Waals surface area contributed by atoms with Crippen molar-refractivity contribution in [2.75, 3.05) is 41.0 Å². The van der Waals surface area contributed by atoms with Gasteiger partial charge in [0.1, 0.15) is 6.61 Å². The standard InChI is InChI=1S/C54H95NO7/c1-6-8-10-12-14-16-18-20-22-24-25-26-27-29-31-33-35-37-39-41-43-45-53(57)62-50(48-60-47-46-51(54(58)59)55(3,4)5)49-61-52(56)44-42-40-38-36-34-32-30-28-23-21-19-17-15-13-11-9-7-2/h14,16,20,22,25-26,29,31,35,37,50-51H,6-13,15,17-19,21,23-24,27-28,30,32-34,36,38-49H2,1-5H3/p+1/b16-14+,22-20+,26-25+,31-29+,37-35+. The van der Waals surface area contributed by atoms with Crippen molar-refractivity contribution in [3.8, 4) is 0 Å². The van der Waals surface area contributed by atoms with Crippen LogP contribution in [0.15, 0.2) is 60.8 Å². The lowest BCUT2D eigenvalue weighted by molar-refractivity contribution is -0.887. The summed E-state index contributed by atoms with van der Waals surface area (Å²) in [4.78, 5) is 37.1. The van der Waals surface area contributed by atoms with E-state index < -0.39 is 18.1 Å². The van der Waals surface area contributed by atoms with Gasteiger partial charge in [0, 0.05) is 19.3 Å². The molecule has 0 spiro atoms. The molecular weight excluding hydrogens is 775 g/mol. The third-order valence-corrected chi connectivity index (χ3v) is 11.2. The summed E-state index contributed by atoms with van der Waals surface area (Å²) in [5.41, 5.74) is 0. The van der Waals surface area contributed by atoms with Crippen molar-refractivity contribution in [3.63, 3.8) is 0 Å². The zero-order valence-electron chi connectivity index (χ0n) is 40.8. The summed E-state index contributed by atoms with van der Waals surface area (Å²) in [7, 11) is 5.52. The predicted octanol–water partition coefficient (Wildman–Crippen LogP) is 14.5. The first kappa shape index (κ1) is 59.0. The van der Waals surface area contributed by atoms with Crippen molar-refractivity contribution in [1.82, 2.24) is 0 Å². The number of aliphatic carboxylic acids is 1. The number of allylic oxidation sites excluding steroid dienone is 10. The Bertz CT molecular complexity index is 1200. The predicted molar refractivity (Wildman–Crippen MR) is 261 cm³/mol. The van der Waals surface area contributed by atoms with Gasteiger partial charge >= 0.3 is 17.9 Å². The molecule has 0 radical (unpaired) electrons. The number of rotatable bonds is 45. The van der Waals surface area contributed by atoms with E-state index in [-0.39, 0.29) is 42.7 Å². The number of hydrogen-bond donors (Lipinski definition) is 1. The number of esters is 2. The van der Waals surface area contributed by atoms with Gasteiger partial charge in [-0.05, 0) is 64.2 Å². The Hall–Kier alpha value is -2.97. The topological polar surface area (TPSA) is 99.1 Å². The Kier molecular flexibility index (Phi) is 42.5. The zero-order valence-corrected chi connectivity index (χ0v) is 40.8. The second-order valence-electron chi connectivity index (χ2n) is 18.1. The molecule has 0 aromatic rings. The molecule has 62 heavy (non-hydrogen) atoms. The van der Waals surface area contributed by atoms with E-state index in [1.165, 1.54) is 116 Å². The fraction of sp³-hybridized carbons (Fsp3) is 0.759. The number of carbonyl (C=O) groups is 3. The molecule has 8 heteroatoms. The smallest absolute Gasteiger partial charge is 0.362 e. The van der Waals surface area contributed by atoms with Crippen molar-refractivity contribution in [1.29, 1.82) is 0 Å². The van der Waals surface area contributed by atoms with E-state index in [4.69, 9.17) is 14.2 Å². The first-order chi connectivity index (χ1) is 30.1. The number of carboxylic acid groups (broad SMARTS) is 1. The Morgan fingerprint density at radius 3 is 1.29 bits per heavy atom. The van der Waals surface area contributed by atoms with E-state index in [9.17, 15) is 19.5 Å². The van der Waals surface area contributed by atoms with Crippen LogP contribution < -0.4 is 0 Å². The summed E-state index contributed by atoms with van der Waals surface area (Å²) < 4.78 is 17.3. The molecule has 0 aliphatic heterocycles. The fourth-order valence-corrected chi connectivity index (χ4v) is 7.23. The molecule has 0 saturated heterocycles. The van der Waals surface area contributed by atoms with Crippen molar-refractivity contribution < 1.29 is 38.2 Å². The highest BCUT2D eigenvalue weighted by atomic mass is 16.6. The largest absolute Gasteiger partial charge is 0.477 e. The SMILES string of the molecule is CCCCC/C=C/C/C=C/C/C=C/C/C=C/C/C=C/CCCCC(=O)OC(COCCC(C(=O)O)[N+](C)(C)C)COC(=O)CCCCCCCCCCCCCCCCCCC. The number of quaternary nitrogens is 1. The second-order valence-corrected chi connectivity index (χ2v) is 18.1. The van der Waals surface area contributed by atoms with Crippen LogP contribution in [0.1, 0.15) is 213 Å².